The average molecular weight is 298 g/mol. The molecule has 1 heterocycles. The molecule has 0 bridgehead atoms. The number of nitrogens with zero attached hydrogens (tertiary/aromatic N) is 1. The third-order valence-corrected chi connectivity index (χ3v) is 5.65. The molecular formula is C14H22N2O3S. The van der Waals surface area contributed by atoms with Gasteiger partial charge in [-0.1, -0.05) is 6.92 Å². The Morgan fingerprint density at radius 1 is 1.45 bits per heavy atom. The van der Waals surface area contributed by atoms with E-state index < -0.39 is 10.0 Å². The predicted molar refractivity (Wildman–Crippen MR) is 78.3 cm³/mol. The average Bonchev–Trinajstić information content (AvgIpc) is 2.86. The summed E-state index contributed by atoms with van der Waals surface area (Å²) in [5.74, 6) is 1.07. The highest BCUT2D eigenvalue weighted by atomic mass is 32.2. The molecule has 2 rings (SSSR count). The van der Waals surface area contributed by atoms with Crippen LogP contribution in [0.25, 0.3) is 0 Å². The quantitative estimate of drug-likeness (QED) is 0.887. The molecule has 1 unspecified atom stereocenters. The van der Waals surface area contributed by atoms with E-state index in [9.17, 15) is 8.42 Å². The van der Waals surface area contributed by atoms with E-state index in [4.69, 9.17) is 10.5 Å². The molecule has 0 saturated carbocycles. The van der Waals surface area contributed by atoms with Gasteiger partial charge in [0.15, 0.2) is 0 Å². The lowest BCUT2D eigenvalue weighted by Gasteiger charge is -2.19. The molecule has 0 aliphatic carbocycles. The Morgan fingerprint density at radius 3 is 2.75 bits per heavy atom. The van der Waals surface area contributed by atoms with Crippen LogP contribution in [0.15, 0.2) is 23.1 Å². The van der Waals surface area contributed by atoms with E-state index in [1.165, 1.54) is 0 Å². The molecule has 0 amide bonds. The summed E-state index contributed by atoms with van der Waals surface area (Å²) in [6.07, 6.45) is 1.44. The minimum atomic E-state index is -3.43. The van der Waals surface area contributed by atoms with E-state index in [0.717, 1.165) is 12.0 Å². The number of hydrogen-bond donors (Lipinski definition) is 1. The highest BCUT2D eigenvalue weighted by molar-refractivity contribution is 7.89. The fourth-order valence-corrected chi connectivity index (χ4v) is 4.34. The highest BCUT2D eigenvalue weighted by Gasteiger charge is 2.32. The SMILES string of the molecule is COc1ccc(S(=O)(=O)N2CCC(C)C2)c(CCN)c1. The van der Waals surface area contributed by atoms with Crippen molar-refractivity contribution in [2.75, 3.05) is 26.7 Å². The first-order valence-corrected chi connectivity index (χ1v) is 8.30. The van der Waals surface area contributed by atoms with Gasteiger partial charge in [0.05, 0.1) is 12.0 Å². The van der Waals surface area contributed by atoms with Gasteiger partial charge in [-0.15, -0.1) is 0 Å². The Kier molecular flexibility index (Phi) is 4.67. The molecule has 0 radical (unpaired) electrons. The van der Waals surface area contributed by atoms with Crippen molar-refractivity contribution < 1.29 is 13.2 Å². The Balaban J connectivity index is 2.40. The zero-order valence-electron chi connectivity index (χ0n) is 12.0. The van der Waals surface area contributed by atoms with Gasteiger partial charge in [0.1, 0.15) is 5.75 Å². The lowest BCUT2D eigenvalue weighted by molar-refractivity contribution is 0.413. The zero-order chi connectivity index (χ0) is 14.8. The van der Waals surface area contributed by atoms with Gasteiger partial charge in [-0.25, -0.2) is 8.42 Å². The van der Waals surface area contributed by atoms with Crippen LogP contribution in [0.2, 0.25) is 0 Å². The fourth-order valence-electron chi connectivity index (χ4n) is 2.54. The summed E-state index contributed by atoms with van der Waals surface area (Å²) < 4.78 is 32.2. The molecule has 1 saturated heterocycles. The number of ether oxygens (including phenoxy) is 1. The van der Waals surface area contributed by atoms with E-state index in [-0.39, 0.29) is 0 Å². The maximum atomic E-state index is 12.7. The summed E-state index contributed by atoms with van der Waals surface area (Å²) in [5.41, 5.74) is 6.32. The maximum Gasteiger partial charge on any atom is 0.243 e. The van der Waals surface area contributed by atoms with Gasteiger partial charge in [0, 0.05) is 13.1 Å². The maximum absolute atomic E-state index is 12.7. The first-order chi connectivity index (χ1) is 9.48. The van der Waals surface area contributed by atoms with Crippen LogP contribution in [0.1, 0.15) is 18.9 Å². The molecule has 1 aromatic rings. The van der Waals surface area contributed by atoms with Crippen LogP contribution in [0.3, 0.4) is 0 Å². The first kappa shape index (κ1) is 15.3. The Hall–Kier alpha value is -1.11. The largest absolute Gasteiger partial charge is 0.497 e. The van der Waals surface area contributed by atoms with Crippen molar-refractivity contribution in [3.63, 3.8) is 0 Å². The molecule has 1 aromatic carbocycles. The summed E-state index contributed by atoms with van der Waals surface area (Å²) in [7, 11) is -1.86. The topological polar surface area (TPSA) is 72.6 Å². The van der Waals surface area contributed by atoms with E-state index in [2.05, 4.69) is 6.92 Å². The van der Waals surface area contributed by atoms with Crippen molar-refractivity contribution >= 4 is 10.0 Å². The molecule has 112 valence electrons. The molecule has 1 atom stereocenters. The van der Waals surface area contributed by atoms with E-state index >= 15 is 0 Å². The molecule has 20 heavy (non-hydrogen) atoms. The van der Waals surface area contributed by atoms with Gasteiger partial charge >= 0.3 is 0 Å². The smallest absolute Gasteiger partial charge is 0.243 e. The minimum Gasteiger partial charge on any atom is -0.497 e. The van der Waals surface area contributed by atoms with Gasteiger partial charge in [0.2, 0.25) is 10.0 Å². The van der Waals surface area contributed by atoms with Crippen LogP contribution in [0, 0.1) is 5.92 Å². The summed E-state index contributed by atoms with van der Waals surface area (Å²) in [4.78, 5) is 0.359. The summed E-state index contributed by atoms with van der Waals surface area (Å²) >= 11 is 0. The third-order valence-electron chi connectivity index (χ3n) is 3.69. The molecule has 5 nitrogen and oxygen atoms in total. The van der Waals surface area contributed by atoms with Crippen LogP contribution in [-0.4, -0.2) is 39.5 Å². The highest BCUT2D eigenvalue weighted by Crippen LogP contribution is 2.28. The standard InChI is InChI=1S/C14H22N2O3S/c1-11-6-8-16(10-11)20(17,18)14-4-3-13(19-2)9-12(14)5-7-15/h3-4,9,11H,5-8,10,15H2,1-2H3. The molecule has 6 heteroatoms. The summed E-state index contributed by atoms with van der Waals surface area (Å²) in [6.45, 7) is 3.67. The van der Waals surface area contributed by atoms with Crippen molar-refractivity contribution in [2.24, 2.45) is 11.7 Å². The molecule has 0 spiro atoms. The number of benzene rings is 1. The van der Waals surface area contributed by atoms with Crippen molar-refractivity contribution in [3.05, 3.63) is 23.8 Å². The van der Waals surface area contributed by atoms with Crippen LogP contribution in [0.4, 0.5) is 0 Å². The summed E-state index contributed by atoms with van der Waals surface area (Å²) in [6, 6.07) is 5.08. The van der Waals surface area contributed by atoms with E-state index in [1.807, 2.05) is 0 Å². The Bertz CT molecular complexity index is 572. The molecular weight excluding hydrogens is 276 g/mol. The fraction of sp³-hybridized carbons (Fsp3) is 0.571. The van der Waals surface area contributed by atoms with Crippen molar-refractivity contribution in [3.8, 4) is 5.75 Å². The lowest BCUT2D eigenvalue weighted by atomic mass is 10.1. The first-order valence-electron chi connectivity index (χ1n) is 6.86. The van der Waals surface area contributed by atoms with E-state index in [1.54, 1.807) is 29.6 Å². The zero-order valence-corrected chi connectivity index (χ0v) is 12.8. The van der Waals surface area contributed by atoms with Crippen molar-refractivity contribution in [1.82, 2.24) is 4.31 Å². The monoisotopic (exact) mass is 298 g/mol. The van der Waals surface area contributed by atoms with Gasteiger partial charge in [-0.3, -0.25) is 0 Å². The second-order valence-electron chi connectivity index (χ2n) is 5.27. The second kappa shape index (κ2) is 6.11. The molecule has 1 fully saturated rings. The van der Waals surface area contributed by atoms with Crippen molar-refractivity contribution in [1.29, 1.82) is 0 Å². The lowest BCUT2D eigenvalue weighted by Crippen LogP contribution is -2.29. The van der Waals surface area contributed by atoms with Crippen LogP contribution < -0.4 is 10.5 Å². The number of rotatable bonds is 5. The predicted octanol–water partition coefficient (Wildman–Crippen LogP) is 1.23. The van der Waals surface area contributed by atoms with Crippen LogP contribution in [-0.2, 0) is 16.4 Å². The van der Waals surface area contributed by atoms with E-state index in [0.29, 0.717) is 42.6 Å². The molecule has 0 aromatic heterocycles. The normalized spacial score (nSPS) is 20.2. The number of methoxy groups -OCH3 is 1. The molecule has 1 aliphatic rings. The second-order valence-corrected chi connectivity index (χ2v) is 7.18. The Labute approximate surface area is 120 Å². The van der Waals surface area contributed by atoms with Gasteiger partial charge in [0.25, 0.3) is 0 Å². The molecule has 1 aliphatic heterocycles. The number of sulfonamides is 1. The Morgan fingerprint density at radius 2 is 2.20 bits per heavy atom. The van der Waals surface area contributed by atoms with Gasteiger partial charge in [-0.2, -0.15) is 4.31 Å². The van der Waals surface area contributed by atoms with Crippen LogP contribution in [0.5, 0.6) is 5.75 Å². The van der Waals surface area contributed by atoms with Crippen molar-refractivity contribution in [2.45, 2.75) is 24.7 Å². The van der Waals surface area contributed by atoms with Crippen LogP contribution >= 0.6 is 0 Å². The van der Waals surface area contributed by atoms with Gasteiger partial charge in [-0.05, 0) is 49.1 Å². The number of hydrogen-bond acceptors (Lipinski definition) is 4. The third kappa shape index (κ3) is 2.97. The number of nitrogens with two attached hydrogens (primary N) is 1. The summed E-state index contributed by atoms with van der Waals surface area (Å²) in [5, 5.41) is 0. The molecule has 2 N–H and O–H groups in total. The minimum absolute atomic E-state index is 0.359. The van der Waals surface area contributed by atoms with Gasteiger partial charge < -0.3 is 10.5 Å².